The van der Waals surface area contributed by atoms with Gasteiger partial charge in [-0.2, -0.15) is 0 Å². The first kappa shape index (κ1) is 17.5. The van der Waals surface area contributed by atoms with Gasteiger partial charge in [-0.25, -0.2) is 4.98 Å². The van der Waals surface area contributed by atoms with Gasteiger partial charge in [0.15, 0.2) is 16.6 Å². The van der Waals surface area contributed by atoms with Gasteiger partial charge < -0.3 is 9.47 Å². The SMILES string of the molecule is Cc1ccc(C(=O)Nc2nc(C)c(Cc3ccc4c(c3)OCO4)s2)c(C)c1. The third kappa shape index (κ3) is 3.66. The first-order valence-electron chi connectivity index (χ1n) is 8.73. The average Bonchev–Trinajstić information content (AvgIpc) is 3.21. The predicted octanol–water partition coefficient (Wildman–Crippen LogP) is 4.64. The fraction of sp³-hybridized carbons (Fsp3) is 0.238. The van der Waals surface area contributed by atoms with Crippen LogP contribution in [-0.2, 0) is 6.42 Å². The summed E-state index contributed by atoms with van der Waals surface area (Å²) in [7, 11) is 0. The van der Waals surface area contributed by atoms with Crippen molar-refractivity contribution >= 4 is 22.4 Å². The molecule has 0 unspecified atom stereocenters. The van der Waals surface area contributed by atoms with Crippen molar-refractivity contribution in [1.29, 1.82) is 0 Å². The van der Waals surface area contributed by atoms with Crippen molar-refractivity contribution in [2.45, 2.75) is 27.2 Å². The predicted molar refractivity (Wildman–Crippen MR) is 106 cm³/mol. The molecule has 0 fully saturated rings. The molecule has 5 nitrogen and oxygen atoms in total. The van der Waals surface area contributed by atoms with Gasteiger partial charge in [-0.1, -0.05) is 23.8 Å². The molecule has 1 aliphatic heterocycles. The van der Waals surface area contributed by atoms with Gasteiger partial charge in [0.05, 0.1) is 5.69 Å². The number of aromatic nitrogens is 1. The van der Waals surface area contributed by atoms with Crippen LogP contribution in [0, 0.1) is 20.8 Å². The molecule has 2 aromatic carbocycles. The van der Waals surface area contributed by atoms with Gasteiger partial charge in [-0.15, -0.1) is 11.3 Å². The van der Waals surface area contributed by atoms with Gasteiger partial charge in [0.2, 0.25) is 6.79 Å². The first-order chi connectivity index (χ1) is 13.0. The molecule has 6 heteroatoms. The maximum absolute atomic E-state index is 12.6. The minimum Gasteiger partial charge on any atom is -0.454 e. The van der Waals surface area contributed by atoms with Gasteiger partial charge in [0, 0.05) is 16.9 Å². The van der Waals surface area contributed by atoms with Crippen molar-refractivity contribution in [3.05, 3.63) is 69.2 Å². The zero-order valence-electron chi connectivity index (χ0n) is 15.5. The maximum Gasteiger partial charge on any atom is 0.257 e. The summed E-state index contributed by atoms with van der Waals surface area (Å²) in [6.45, 7) is 6.19. The van der Waals surface area contributed by atoms with Crippen molar-refractivity contribution in [2.24, 2.45) is 0 Å². The fourth-order valence-electron chi connectivity index (χ4n) is 3.11. The summed E-state index contributed by atoms with van der Waals surface area (Å²) in [6.07, 6.45) is 0.736. The Balaban J connectivity index is 1.50. The van der Waals surface area contributed by atoms with E-state index in [-0.39, 0.29) is 12.7 Å². The van der Waals surface area contributed by atoms with Crippen molar-refractivity contribution in [3.8, 4) is 11.5 Å². The van der Waals surface area contributed by atoms with Crippen LogP contribution < -0.4 is 14.8 Å². The second kappa shape index (κ2) is 7.04. The molecule has 1 N–H and O–H groups in total. The lowest BCUT2D eigenvalue weighted by molar-refractivity contribution is 0.102. The second-order valence-corrected chi connectivity index (χ2v) is 7.75. The van der Waals surface area contributed by atoms with E-state index in [1.807, 2.05) is 57.2 Å². The summed E-state index contributed by atoms with van der Waals surface area (Å²) in [5.41, 5.74) is 4.82. The molecule has 2 heterocycles. The molecule has 27 heavy (non-hydrogen) atoms. The number of amides is 1. The molecule has 0 bridgehead atoms. The van der Waals surface area contributed by atoms with Crippen LogP contribution in [0.3, 0.4) is 0 Å². The first-order valence-corrected chi connectivity index (χ1v) is 9.54. The summed E-state index contributed by atoms with van der Waals surface area (Å²) in [6, 6.07) is 11.8. The lowest BCUT2D eigenvalue weighted by Gasteiger charge is -2.06. The van der Waals surface area contributed by atoms with Crippen molar-refractivity contribution in [2.75, 3.05) is 12.1 Å². The second-order valence-electron chi connectivity index (χ2n) is 6.66. The van der Waals surface area contributed by atoms with E-state index in [4.69, 9.17) is 9.47 Å². The van der Waals surface area contributed by atoms with E-state index in [1.165, 1.54) is 11.3 Å². The maximum atomic E-state index is 12.6. The highest BCUT2D eigenvalue weighted by Crippen LogP contribution is 2.34. The van der Waals surface area contributed by atoms with Gasteiger partial charge in [0.1, 0.15) is 0 Å². The summed E-state index contributed by atoms with van der Waals surface area (Å²) >= 11 is 1.50. The standard InChI is InChI=1S/C21H20N2O3S/c1-12-4-6-16(13(2)8-12)20(24)23-21-22-14(3)19(27-21)10-15-5-7-17-18(9-15)26-11-25-17/h4-9H,10-11H2,1-3H3,(H,22,23,24). The third-order valence-electron chi connectivity index (χ3n) is 4.54. The lowest BCUT2D eigenvalue weighted by atomic mass is 10.1. The van der Waals surface area contributed by atoms with Crippen LogP contribution in [-0.4, -0.2) is 17.7 Å². The van der Waals surface area contributed by atoms with Crippen molar-refractivity contribution in [1.82, 2.24) is 4.98 Å². The number of thiazole rings is 1. The molecular weight excluding hydrogens is 360 g/mol. The largest absolute Gasteiger partial charge is 0.454 e. The number of aryl methyl sites for hydroxylation is 3. The number of benzene rings is 2. The quantitative estimate of drug-likeness (QED) is 0.716. The van der Waals surface area contributed by atoms with Crippen LogP contribution in [0.1, 0.15) is 37.6 Å². The minimum absolute atomic E-state index is 0.129. The molecule has 0 saturated carbocycles. The third-order valence-corrected chi connectivity index (χ3v) is 5.61. The van der Waals surface area contributed by atoms with Gasteiger partial charge in [-0.05, 0) is 50.1 Å². The highest BCUT2D eigenvalue weighted by Gasteiger charge is 2.16. The Kier molecular flexibility index (Phi) is 4.58. The van der Waals surface area contributed by atoms with Crippen molar-refractivity contribution in [3.63, 3.8) is 0 Å². The Hall–Kier alpha value is -2.86. The zero-order valence-corrected chi connectivity index (χ0v) is 16.3. The highest BCUT2D eigenvalue weighted by molar-refractivity contribution is 7.15. The van der Waals surface area contributed by atoms with E-state index in [0.717, 1.165) is 45.2 Å². The minimum atomic E-state index is -0.129. The molecule has 1 aliphatic rings. The Morgan fingerprint density at radius 3 is 2.74 bits per heavy atom. The van der Waals surface area contributed by atoms with Crippen LogP contribution in [0.4, 0.5) is 5.13 Å². The normalized spacial score (nSPS) is 12.3. The molecule has 1 amide bonds. The molecule has 0 radical (unpaired) electrons. The Morgan fingerprint density at radius 2 is 1.93 bits per heavy atom. The molecule has 3 aromatic rings. The number of carbonyl (C=O) groups excluding carboxylic acids is 1. The van der Waals surface area contributed by atoms with Gasteiger partial charge in [0.25, 0.3) is 5.91 Å². The number of ether oxygens (including phenoxy) is 2. The zero-order chi connectivity index (χ0) is 19.0. The average molecular weight is 380 g/mol. The Morgan fingerprint density at radius 1 is 1.11 bits per heavy atom. The topological polar surface area (TPSA) is 60.5 Å². The number of hydrogen-bond donors (Lipinski definition) is 1. The number of rotatable bonds is 4. The number of nitrogens with one attached hydrogen (secondary N) is 1. The molecule has 1 aromatic heterocycles. The molecule has 138 valence electrons. The van der Waals surface area contributed by atoms with E-state index in [2.05, 4.69) is 10.3 Å². The van der Waals surface area contributed by atoms with Gasteiger partial charge in [-0.3, -0.25) is 10.1 Å². The Bertz CT molecular complexity index is 1030. The van der Waals surface area contributed by atoms with E-state index in [9.17, 15) is 4.79 Å². The molecule has 0 saturated heterocycles. The van der Waals surface area contributed by atoms with Crippen LogP contribution in [0.5, 0.6) is 11.5 Å². The lowest BCUT2D eigenvalue weighted by Crippen LogP contribution is -2.13. The smallest absolute Gasteiger partial charge is 0.257 e. The van der Waals surface area contributed by atoms with Crippen LogP contribution in [0.25, 0.3) is 0 Å². The van der Waals surface area contributed by atoms with E-state index in [0.29, 0.717) is 10.7 Å². The molecule has 4 rings (SSSR count). The summed E-state index contributed by atoms with van der Waals surface area (Å²) < 4.78 is 10.8. The highest BCUT2D eigenvalue weighted by atomic mass is 32.1. The van der Waals surface area contributed by atoms with Crippen molar-refractivity contribution < 1.29 is 14.3 Å². The van der Waals surface area contributed by atoms with E-state index >= 15 is 0 Å². The number of fused-ring (bicyclic) bond motifs is 1. The number of carbonyl (C=O) groups is 1. The van der Waals surface area contributed by atoms with E-state index in [1.54, 1.807) is 0 Å². The monoisotopic (exact) mass is 380 g/mol. The molecule has 0 atom stereocenters. The van der Waals surface area contributed by atoms with Crippen LogP contribution in [0.15, 0.2) is 36.4 Å². The fourth-order valence-corrected chi connectivity index (χ4v) is 4.11. The molecule has 0 spiro atoms. The number of anilines is 1. The van der Waals surface area contributed by atoms with Crippen LogP contribution in [0.2, 0.25) is 0 Å². The Labute approximate surface area is 162 Å². The number of nitrogens with zero attached hydrogens (tertiary/aromatic N) is 1. The molecule has 0 aliphatic carbocycles. The summed E-state index contributed by atoms with van der Waals surface area (Å²) in [4.78, 5) is 18.2. The van der Waals surface area contributed by atoms with Gasteiger partial charge >= 0.3 is 0 Å². The summed E-state index contributed by atoms with van der Waals surface area (Å²) in [5, 5.41) is 3.55. The van der Waals surface area contributed by atoms with E-state index < -0.39 is 0 Å². The van der Waals surface area contributed by atoms with Crippen LogP contribution >= 0.6 is 11.3 Å². The summed E-state index contributed by atoms with van der Waals surface area (Å²) in [5.74, 6) is 1.43. The number of hydrogen-bond acceptors (Lipinski definition) is 5. The molecular formula is C21H20N2O3S.